The van der Waals surface area contributed by atoms with Gasteiger partial charge in [0.05, 0.1) is 17.7 Å². The van der Waals surface area contributed by atoms with Crippen LogP contribution in [0.4, 0.5) is 0 Å². The Bertz CT molecular complexity index is 1040. The van der Waals surface area contributed by atoms with Crippen molar-refractivity contribution in [2.75, 3.05) is 13.2 Å². The zero-order chi connectivity index (χ0) is 27.0. The first kappa shape index (κ1) is 28.9. The molecular formula is C32H38O6. The summed E-state index contributed by atoms with van der Waals surface area (Å²) < 4.78 is 11.9. The van der Waals surface area contributed by atoms with E-state index in [4.69, 9.17) is 19.7 Å². The Morgan fingerprint density at radius 2 is 1.00 bits per heavy atom. The number of ether oxygens (including phenoxy) is 2. The van der Waals surface area contributed by atoms with Crippen LogP contribution in [0.3, 0.4) is 0 Å². The van der Waals surface area contributed by atoms with Gasteiger partial charge in [0, 0.05) is 6.61 Å². The topological polar surface area (TPSA) is 93.1 Å². The molecule has 0 aliphatic rings. The minimum Gasteiger partial charge on any atom is -0.494 e. The van der Waals surface area contributed by atoms with Crippen molar-refractivity contribution in [1.29, 1.82) is 0 Å². The molecule has 3 rings (SSSR count). The van der Waals surface area contributed by atoms with E-state index in [1.54, 1.807) is 0 Å². The summed E-state index contributed by atoms with van der Waals surface area (Å²) in [7, 11) is 0. The first-order chi connectivity index (χ1) is 18.5. The van der Waals surface area contributed by atoms with Gasteiger partial charge in [0.25, 0.3) is 0 Å². The first-order valence-electron chi connectivity index (χ1n) is 13.5. The second kappa shape index (κ2) is 16.3. The molecule has 0 saturated heterocycles. The second-order valence-electron chi connectivity index (χ2n) is 9.46. The van der Waals surface area contributed by atoms with E-state index in [2.05, 4.69) is 48.5 Å². The third kappa shape index (κ3) is 10.0. The molecule has 3 aromatic rings. The van der Waals surface area contributed by atoms with E-state index in [0.29, 0.717) is 6.61 Å². The highest BCUT2D eigenvalue weighted by Crippen LogP contribution is 2.26. The molecule has 38 heavy (non-hydrogen) atoms. The minimum absolute atomic E-state index is 0.0262. The molecule has 0 spiro atoms. The van der Waals surface area contributed by atoms with E-state index in [9.17, 15) is 9.59 Å². The summed E-state index contributed by atoms with van der Waals surface area (Å²) in [6, 6.07) is 24.6. The third-order valence-corrected chi connectivity index (χ3v) is 6.45. The summed E-state index contributed by atoms with van der Waals surface area (Å²) in [6.07, 6.45) is 10.0. The van der Waals surface area contributed by atoms with Crippen LogP contribution in [0, 0.1) is 0 Å². The molecular weight excluding hydrogens is 480 g/mol. The lowest BCUT2D eigenvalue weighted by molar-refractivity contribution is 0.0696. The fourth-order valence-electron chi connectivity index (χ4n) is 4.40. The molecule has 0 saturated carbocycles. The van der Waals surface area contributed by atoms with Crippen molar-refractivity contribution >= 4 is 11.9 Å². The van der Waals surface area contributed by atoms with Crippen LogP contribution in [0.2, 0.25) is 0 Å². The lowest BCUT2D eigenvalue weighted by Gasteiger charge is -2.19. The summed E-state index contributed by atoms with van der Waals surface area (Å²) in [4.78, 5) is 22.4. The second-order valence-corrected chi connectivity index (χ2v) is 9.46. The largest absolute Gasteiger partial charge is 0.494 e. The maximum absolute atomic E-state index is 11.2. The van der Waals surface area contributed by atoms with Gasteiger partial charge in [-0.15, -0.1) is 0 Å². The van der Waals surface area contributed by atoms with Crippen LogP contribution in [0.15, 0.2) is 78.9 Å². The van der Waals surface area contributed by atoms with Crippen LogP contribution in [0.5, 0.6) is 5.75 Å². The molecule has 0 fully saturated rings. The number of carboxylic acids is 2. The Hall–Kier alpha value is -3.64. The van der Waals surface area contributed by atoms with Crippen molar-refractivity contribution < 1.29 is 29.3 Å². The van der Waals surface area contributed by atoms with E-state index in [1.807, 2.05) is 12.1 Å². The Morgan fingerprint density at radius 3 is 1.45 bits per heavy atom. The number of unbranched alkanes of at least 4 members (excludes halogenated alkanes) is 8. The van der Waals surface area contributed by atoms with Crippen LogP contribution in [0.25, 0.3) is 0 Å². The molecule has 0 aliphatic carbocycles. The van der Waals surface area contributed by atoms with E-state index in [1.165, 1.54) is 48.9 Å². The van der Waals surface area contributed by atoms with Crippen molar-refractivity contribution in [3.8, 4) is 5.75 Å². The fraction of sp³-hybridized carbons (Fsp3) is 0.375. The standard InChI is InChI=1S/C32H38O6/c33-31(34)27-22-28(32(35)36)24-29(23-27)37-20-14-6-4-2-1-3-5-7-15-21-38-30(25-16-10-8-11-17-25)26-18-12-9-13-19-26/h8-13,16-19,22-24,30H,1-7,14-15,20-21H2,(H,33,34)(H,35,36). The molecule has 0 aliphatic heterocycles. The number of rotatable bonds is 18. The molecule has 6 heteroatoms. The smallest absolute Gasteiger partial charge is 0.335 e. The van der Waals surface area contributed by atoms with Crippen LogP contribution >= 0.6 is 0 Å². The summed E-state index contributed by atoms with van der Waals surface area (Å²) in [6.45, 7) is 1.19. The third-order valence-electron chi connectivity index (χ3n) is 6.45. The lowest BCUT2D eigenvalue weighted by atomic mass is 10.0. The molecule has 0 atom stereocenters. The van der Waals surface area contributed by atoms with Gasteiger partial charge >= 0.3 is 11.9 Å². The van der Waals surface area contributed by atoms with Gasteiger partial charge in [-0.1, -0.05) is 106 Å². The SMILES string of the molecule is O=C(O)c1cc(OCCCCCCCCCCCOC(c2ccccc2)c2ccccc2)cc(C(=O)O)c1. The molecule has 0 radical (unpaired) electrons. The summed E-state index contributed by atoms with van der Waals surface area (Å²) in [5, 5.41) is 18.3. The molecule has 0 heterocycles. The lowest BCUT2D eigenvalue weighted by Crippen LogP contribution is -2.07. The van der Waals surface area contributed by atoms with Crippen molar-refractivity contribution in [3.63, 3.8) is 0 Å². The average molecular weight is 519 g/mol. The van der Waals surface area contributed by atoms with E-state index >= 15 is 0 Å². The zero-order valence-corrected chi connectivity index (χ0v) is 21.9. The molecule has 3 aromatic carbocycles. The maximum Gasteiger partial charge on any atom is 0.335 e. The summed E-state index contributed by atoms with van der Waals surface area (Å²) in [5.74, 6) is -2.06. The predicted molar refractivity (Wildman–Crippen MR) is 148 cm³/mol. The molecule has 0 amide bonds. The highest BCUT2D eigenvalue weighted by Gasteiger charge is 2.14. The first-order valence-corrected chi connectivity index (χ1v) is 13.5. The zero-order valence-electron chi connectivity index (χ0n) is 21.9. The Balaban J connectivity index is 1.22. The van der Waals surface area contributed by atoms with E-state index in [-0.39, 0.29) is 23.0 Å². The quantitative estimate of drug-likeness (QED) is 0.167. The molecule has 202 valence electrons. The number of aromatic carboxylic acids is 2. The van der Waals surface area contributed by atoms with Crippen molar-refractivity contribution in [2.45, 2.75) is 63.9 Å². The molecule has 2 N–H and O–H groups in total. The Labute approximate surface area is 225 Å². The average Bonchev–Trinajstić information content (AvgIpc) is 2.94. The highest BCUT2D eigenvalue weighted by atomic mass is 16.5. The van der Waals surface area contributed by atoms with E-state index < -0.39 is 11.9 Å². The fourth-order valence-corrected chi connectivity index (χ4v) is 4.40. The summed E-state index contributed by atoms with van der Waals surface area (Å²) in [5.41, 5.74) is 2.20. The normalized spacial score (nSPS) is 11.0. The van der Waals surface area contributed by atoms with Gasteiger partial charge in [-0.05, 0) is 42.2 Å². The summed E-state index contributed by atoms with van der Waals surface area (Å²) >= 11 is 0. The predicted octanol–water partition coefficient (Wildman–Crippen LogP) is 7.78. The van der Waals surface area contributed by atoms with Crippen molar-refractivity contribution in [1.82, 2.24) is 0 Å². The number of hydrogen-bond donors (Lipinski definition) is 2. The van der Waals surface area contributed by atoms with Gasteiger partial charge in [0.1, 0.15) is 11.9 Å². The van der Waals surface area contributed by atoms with Crippen LogP contribution in [-0.4, -0.2) is 35.4 Å². The molecule has 0 bridgehead atoms. The van der Waals surface area contributed by atoms with Crippen molar-refractivity contribution in [2.24, 2.45) is 0 Å². The van der Waals surface area contributed by atoms with Crippen molar-refractivity contribution in [3.05, 3.63) is 101 Å². The minimum atomic E-state index is -1.17. The van der Waals surface area contributed by atoms with Gasteiger partial charge in [-0.25, -0.2) is 9.59 Å². The maximum atomic E-state index is 11.2. The van der Waals surface area contributed by atoms with Crippen LogP contribution in [-0.2, 0) is 4.74 Å². The number of hydrogen-bond acceptors (Lipinski definition) is 4. The monoisotopic (exact) mass is 518 g/mol. The van der Waals surface area contributed by atoms with Gasteiger partial charge in [0.15, 0.2) is 0 Å². The van der Waals surface area contributed by atoms with Gasteiger partial charge in [-0.3, -0.25) is 0 Å². The Morgan fingerprint density at radius 1 is 0.579 bits per heavy atom. The molecule has 6 nitrogen and oxygen atoms in total. The van der Waals surface area contributed by atoms with Gasteiger partial charge in [0.2, 0.25) is 0 Å². The van der Waals surface area contributed by atoms with E-state index in [0.717, 1.165) is 44.8 Å². The van der Waals surface area contributed by atoms with Gasteiger partial charge < -0.3 is 19.7 Å². The highest BCUT2D eigenvalue weighted by molar-refractivity contribution is 5.94. The molecule has 0 unspecified atom stereocenters. The van der Waals surface area contributed by atoms with Gasteiger partial charge in [-0.2, -0.15) is 0 Å². The Kier molecular flexibility index (Phi) is 12.4. The number of carbonyl (C=O) groups is 2. The number of carboxylic acid groups (broad SMARTS) is 2. The number of benzene rings is 3. The molecule has 0 aromatic heterocycles. The van der Waals surface area contributed by atoms with Crippen LogP contribution in [0.1, 0.15) is 95.7 Å². The van der Waals surface area contributed by atoms with Crippen LogP contribution < -0.4 is 4.74 Å².